The Labute approximate surface area is 151 Å². The Morgan fingerprint density at radius 2 is 1.96 bits per heavy atom. The fourth-order valence-electron chi connectivity index (χ4n) is 3.50. The molecule has 0 saturated carbocycles. The summed E-state index contributed by atoms with van der Waals surface area (Å²) in [6.45, 7) is 2.51. The van der Waals surface area contributed by atoms with Gasteiger partial charge in [-0.2, -0.15) is 5.10 Å². The van der Waals surface area contributed by atoms with E-state index in [4.69, 9.17) is 0 Å². The third-order valence-electron chi connectivity index (χ3n) is 4.86. The minimum Gasteiger partial charge on any atom is -0.390 e. The van der Waals surface area contributed by atoms with E-state index in [0.29, 0.717) is 12.2 Å². The molecule has 1 aromatic heterocycles. The quantitative estimate of drug-likeness (QED) is 0.654. The first-order chi connectivity index (χ1) is 12.7. The number of aromatic amines is 1. The van der Waals surface area contributed by atoms with E-state index < -0.39 is 6.10 Å². The summed E-state index contributed by atoms with van der Waals surface area (Å²) >= 11 is 0. The second kappa shape index (κ2) is 7.27. The molecule has 4 rings (SSSR count). The molecule has 3 N–H and O–H groups in total. The molecule has 3 aromatic rings. The predicted molar refractivity (Wildman–Crippen MR) is 99.9 cm³/mol. The molecule has 6 nitrogen and oxygen atoms in total. The summed E-state index contributed by atoms with van der Waals surface area (Å²) in [6.07, 6.45) is 0.378. The van der Waals surface area contributed by atoms with Crippen molar-refractivity contribution in [2.45, 2.75) is 19.1 Å². The molecule has 0 aliphatic carbocycles. The highest BCUT2D eigenvalue weighted by Gasteiger charge is 2.20. The van der Waals surface area contributed by atoms with Gasteiger partial charge in [0.2, 0.25) is 0 Å². The highest BCUT2D eigenvalue weighted by atomic mass is 16.3. The van der Waals surface area contributed by atoms with Gasteiger partial charge in [-0.15, -0.1) is 0 Å². The number of hydrogen-bond acceptors (Lipinski definition) is 4. The number of benzene rings is 2. The SMILES string of the molecule is O=C(NCC(O)CN1CCc2ccccc2C1)c1n[nH]c2ccccc12. The summed E-state index contributed by atoms with van der Waals surface area (Å²) in [6, 6.07) is 15.9. The summed E-state index contributed by atoms with van der Waals surface area (Å²) in [7, 11) is 0. The number of para-hydroxylation sites is 1. The third kappa shape index (κ3) is 3.47. The van der Waals surface area contributed by atoms with Crippen LogP contribution in [0.1, 0.15) is 21.6 Å². The van der Waals surface area contributed by atoms with Crippen LogP contribution in [0.5, 0.6) is 0 Å². The van der Waals surface area contributed by atoms with Gasteiger partial charge in [0, 0.05) is 31.6 Å². The maximum Gasteiger partial charge on any atom is 0.272 e. The van der Waals surface area contributed by atoms with Crippen LogP contribution in [0.3, 0.4) is 0 Å². The Hall–Kier alpha value is -2.70. The molecule has 26 heavy (non-hydrogen) atoms. The first-order valence-corrected chi connectivity index (χ1v) is 8.89. The van der Waals surface area contributed by atoms with Gasteiger partial charge in [-0.3, -0.25) is 14.8 Å². The van der Waals surface area contributed by atoms with E-state index in [1.54, 1.807) is 0 Å². The Morgan fingerprint density at radius 3 is 2.85 bits per heavy atom. The van der Waals surface area contributed by atoms with Crippen molar-refractivity contribution >= 4 is 16.8 Å². The molecule has 0 bridgehead atoms. The van der Waals surface area contributed by atoms with Gasteiger partial charge < -0.3 is 10.4 Å². The fourth-order valence-corrected chi connectivity index (χ4v) is 3.50. The van der Waals surface area contributed by atoms with Crippen LogP contribution in [0, 0.1) is 0 Å². The van der Waals surface area contributed by atoms with Crippen LogP contribution < -0.4 is 5.32 Å². The van der Waals surface area contributed by atoms with Crippen LogP contribution in [0.2, 0.25) is 0 Å². The van der Waals surface area contributed by atoms with Crippen molar-refractivity contribution in [1.29, 1.82) is 0 Å². The number of rotatable bonds is 5. The van der Waals surface area contributed by atoms with E-state index in [0.717, 1.165) is 30.4 Å². The van der Waals surface area contributed by atoms with E-state index in [2.05, 4.69) is 38.6 Å². The zero-order chi connectivity index (χ0) is 17.9. The van der Waals surface area contributed by atoms with Crippen molar-refractivity contribution in [3.8, 4) is 0 Å². The molecule has 0 fully saturated rings. The number of carbonyl (C=O) groups excluding carboxylic acids is 1. The smallest absolute Gasteiger partial charge is 0.272 e. The predicted octanol–water partition coefficient (Wildman–Crippen LogP) is 1.71. The van der Waals surface area contributed by atoms with Crippen LogP contribution >= 0.6 is 0 Å². The van der Waals surface area contributed by atoms with Gasteiger partial charge in [-0.05, 0) is 23.6 Å². The van der Waals surface area contributed by atoms with Crippen LogP contribution in [0.15, 0.2) is 48.5 Å². The molecule has 0 saturated heterocycles. The van der Waals surface area contributed by atoms with Gasteiger partial charge >= 0.3 is 0 Å². The van der Waals surface area contributed by atoms with Crippen molar-refractivity contribution in [3.63, 3.8) is 0 Å². The lowest BCUT2D eigenvalue weighted by Gasteiger charge is -2.30. The van der Waals surface area contributed by atoms with Crippen molar-refractivity contribution in [1.82, 2.24) is 20.4 Å². The van der Waals surface area contributed by atoms with Crippen LogP contribution in [0.25, 0.3) is 10.9 Å². The number of aliphatic hydroxyl groups is 1. The highest BCUT2D eigenvalue weighted by Crippen LogP contribution is 2.18. The van der Waals surface area contributed by atoms with E-state index in [1.807, 2.05) is 30.3 Å². The standard InChI is InChI=1S/C20H22N4O2/c25-16(13-24-10-9-14-5-1-2-6-15(14)12-24)11-21-20(26)19-17-7-3-4-8-18(17)22-23-19/h1-8,16,25H,9-13H2,(H,21,26)(H,22,23). The van der Waals surface area contributed by atoms with Crippen molar-refractivity contribution in [2.75, 3.05) is 19.6 Å². The molecule has 6 heteroatoms. The Kier molecular flexibility index (Phi) is 4.69. The lowest BCUT2D eigenvalue weighted by Crippen LogP contribution is -2.42. The van der Waals surface area contributed by atoms with Crippen molar-refractivity contribution < 1.29 is 9.90 Å². The Balaban J connectivity index is 1.31. The first kappa shape index (κ1) is 16.8. The largest absolute Gasteiger partial charge is 0.390 e. The lowest BCUT2D eigenvalue weighted by molar-refractivity contribution is 0.0839. The van der Waals surface area contributed by atoms with Crippen LogP contribution in [-0.4, -0.2) is 51.8 Å². The van der Waals surface area contributed by atoms with Gasteiger partial charge in [0.05, 0.1) is 11.6 Å². The number of nitrogens with one attached hydrogen (secondary N) is 2. The Bertz CT molecular complexity index is 921. The monoisotopic (exact) mass is 350 g/mol. The van der Waals surface area contributed by atoms with Gasteiger partial charge in [0.25, 0.3) is 5.91 Å². The van der Waals surface area contributed by atoms with Gasteiger partial charge in [-0.25, -0.2) is 0 Å². The number of hydrogen-bond donors (Lipinski definition) is 3. The number of β-amino-alcohol motifs (C(OH)–C–C–N with tert-alkyl or cyclic N) is 1. The molecule has 0 radical (unpaired) electrons. The normalized spacial score (nSPS) is 15.6. The highest BCUT2D eigenvalue weighted by molar-refractivity contribution is 6.04. The van der Waals surface area contributed by atoms with Crippen LogP contribution in [0.4, 0.5) is 0 Å². The number of amides is 1. The molecular formula is C20H22N4O2. The molecule has 1 unspecified atom stereocenters. The molecule has 1 aliphatic rings. The summed E-state index contributed by atoms with van der Waals surface area (Å²) in [5.74, 6) is -0.273. The summed E-state index contributed by atoms with van der Waals surface area (Å²) in [4.78, 5) is 14.6. The first-order valence-electron chi connectivity index (χ1n) is 8.89. The number of carbonyl (C=O) groups is 1. The topological polar surface area (TPSA) is 81.2 Å². The van der Waals surface area contributed by atoms with Gasteiger partial charge in [0.15, 0.2) is 5.69 Å². The van der Waals surface area contributed by atoms with Gasteiger partial charge in [0.1, 0.15) is 0 Å². The van der Waals surface area contributed by atoms with E-state index >= 15 is 0 Å². The molecule has 134 valence electrons. The average Bonchev–Trinajstić information content (AvgIpc) is 3.10. The summed E-state index contributed by atoms with van der Waals surface area (Å²) in [5.41, 5.74) is 3.89. The maximum absolute atomic E-state index is 12.4. The molecule has 1 amide bonds. The maximum atomic E-state index is 12.4. The third-order valence-corrected chi connectivity index (χ3v) is 4.86. The molecule has 2 aromatic carbocycles. The molecular weight excluding hydrogens is 328 g/mol. The fraction of sp³-hybridized carbons (Fsp3) is 0.300. The minimum atomic E-state index is -0.616. The second-order valence-corrected chi connectivity index (χ2v) is 6.74. The van der Waals surface area contributed by atoms with Crippen molar-refractivity contribution in [2.24, 2.45) is 0 Å². The number of H-pyrrole nitrogens is 1. The minimum absolute atomic E-state index is 0.207. The average molecular weight is 350 g/mol. The Morgan fingerprint density at radius 1 is 1.19 bits per heavy atom. The second-order valence-electron chi connectivity index (χ2n) is 6.74. The number of fused-ring (bicyclic) bond motifs is 2. The number of aromatic nitrogens is 2. The number of nitrogens with zero attached hydrogens (tertiary/aromatic N) is 2. The molecule has 2 heterocycles. The molecule has 1 aliphatic heterocycles. The zero-order valence-electron chi connectivity index (χ0n) is 14.5. The van der Waals surface area contributed by atoms with E-state index in [9.17, 15) is 9.90 Å². The molecule has 0 spiro atoms. The van der Waals surface area contributed by atoms with E-state index in [1.165, 1.54) is 11.1 Å². The van der Waals surface area contributed by atoms with E-state index in [-0.39, 0.29) is 12.5 Å². The number of aliphatic hydroxyl groups excluding tert-OH is 1. The van der Waals surface area contributed by atoms with Gasteiger partial charge in [-0.1, -0.05) is 42.5 Å². The lowest BCUT2D eigenvalue weighted by atomic mass is 10.00. The van der Waals surface area contributed by atoms with Crippen molar-refractivity contribution in [3.05, 3.63) is 65.4 Å². The summed E-state index contributed by atoms with van der Waals surface area (Å²) < 4.78 is 0. The van der Waals surface area contributed by atoms with Crippen LogP contribution in [-0.2, 0) is 13.0 Å². The molecule has 1 atom stereocenters. The zero-order valence-corrected chi connectivity index (χ0v) is 14.5. The summed E-state index contributed by atoms with van der Waals surface area (Å²) in [5, 5.41) is 20.8.